The van der Waals surface area contributed by atoms with Crippen molar-refractivity contribution in [2.75, 3.05) is 44.4 Å². The van der Waals surface area contributed by atoms with Crippen LogP contribution in [0.2, 0.25) is 0 Å². The van der Waals surface area contributed by atoms with Gasteiger partial charge in [0.05, 0.1) is 16.6 Å². The van der Waals surface area contributed by atoms with E-state index in [4.69, 9.17) is 14.2 Å². The van der Waals surface area contributed by atoms with Crippen molar-refractivity contribution in [3.05, 3.63) is 42.0 Å². The fourth-order valence-electron chi connectivity index (χ4n) is 4.79. The van der Waals surface area contributed by atoms with E-state index in [2.05, 4.69) is 5.32 Å². The van der Waals surface area contributed by atoms with Crippen LogP contribution in [-0.2, 0) is 19.6 Å². The van der Waals surface area contributed by atoms with E-state index in [1.165, 1.54) is 21.3 Å². The van der Waals surface area contributed by atoms with Crippen molar-refractivity contribution >= 4 is 27.5 Å². The zero-order valence-corrected chi connectivity index (χ0v) is 21.6. The van der Waals surface area contributed by atoms with Gasteiger partial charge >= 0.3 is 0 Å². The SMILES string of the molecule is C[C@H](NC(=O)CN1C(=O)COc2ccc(S(=O)(=O)N3CCCCCC3)cc21)c1ccc2c(c1)OCCO2. The first kappa shape index (κ1) is 25.3. The van der Waals surface area contributed by atoms with Crippen LogP contribution in [0.4, 0.5) is 5.69 Å². The topological polar surface area (TPSA) is 114 Å². The molecule has 0 unspecified atom stereocenters. The number of carbonyl (C=O) groups excluding carboxylic acids is 2. The lowest BCUT2D eigenvalue weighted by atomic mass is 10.1. The molecule has 2 amide bonds. The quantitative estimate of drug-likeness (QED) is 0.612. The van der Waals surface area contributed by atoms with E-state index in [-0.39, 0.29) is 35.7 Å². The summed E-state index contributed by atoms with van der Waals surface area (Å²) in [6, 6.07) is 9.62. The number of rotatable bonds is 6. The standard InChI is InChI=1S/C26H31N3O7S/c1-18(19-6-8-23-24(14-19)35-13-12-34-23)27-25(30)16-29-21-15-20(7-9-22(21)36-17-26(29)31)37(32,33)28-10-4-2-3-5-11-28/h6-9,14-15,18H,2-5,10-13,16-17H2,1H3,(H,27,30)/t18-/m0/s1. The van der Waals surface area contributed by atoms with Crippen LogP contribution in [-0.4, -0.2) is 64.0 Å². The fraction of sp³-hybridized carbons (Fsp3) is 0.462. The Balaban J connectivity index is 1.33. The first-order valence-corrected chi connectivity index (χ1v) is 14.0. The number of amides is 2. The molecular formula is C26H31N3O7S. The molecule has 1 atom stereocenters. The highest BCUT2D eigenvalue weighted by Gasteiger charge is 2.32. The number of nitrogens with zero attached hydrogens (tertiary/aromatic N) is 2. The van der Waals surface area contributed by atoms with Crippen LogP contribution in [0.15, 0.2) is 41.3 Å². The number of hydrogen-bond acceptors (Lipinski definition) is 7. The predicted molar refractivity (Wildman–Crippen MR) is 136 cm³/mol. The third kappa shape index (κ3) is 5.37. The molecule has 0 bridgehead atoms. The Morgan fingerprint density at radius 2 is 1.65 bits per heavy atom. The number of anilines is 1. The molecule has 1 fully saturated rings. The second-order valence-corrected chi connectivity index (χ2v) is 11.3. The maximum Gasteiger partial charge on any atom is 0.265 e. The first-order chi connectivity index (χ1) is 17.8. The second kappa shape index (κ2) is 10.6. The van der Waals surface area contributed by atoms with E-state index < -0.39 is 15.9 Å². The molecule has 3 aliphatic heterocycles. The molecule has 0 radical (unpaired) electrons. The van der Waals surface area contributed by atoms with Gasteiger partial charge in [-0.3, -0.25) is 14.5 Å². The summed E-state index contributed by atoms with van der Waals surface area (Å²) in [6.07, 6.45) is 3.65. The molecule has 37 heavy (non-hydrogen) atoms. The number of ether oxygens (including phenoxy) is 3. The van der Waals surface area contributed by atoms with Gasteiger partial charge in [0.15, 0.2) is 18.1 Å². The van der Waals surface area contributed by atoms with E-state index in [9.17, 15) is 18.0 Å². The van der Waals surface area contributed by atoms with Crippen LogP contribution >= 0.6 is 0 Å². The molecule has 3 heterocycles. The summed E-state index contributed by atoms with van der Waals surface area (Å²) in [6.45, 7) is 3.25. The number of hydrogen-bond donors (Lipinski definition) is 1. The van der Waals surface area contributed by atoms with Crippen molar-refractivity contribution in [3.63, 3.8) is 0 Å². The van der Waals surface area contributed by atoms with Crippen molar-refractivity contribution in [3.8, 4) is 17.2 Å². The van der Waals surface area contributed by atoms with Crippen molar-refractivity contribution in [1.82, 2.24) is 9.62 Å². The average molecular weight is 530 g/mol. The van der Waals surface area contributed by atoms with E-state index in [1.807, 2.05) is 19.1 Å². The monoisotopic (exact) mass is 529 g/mol. The van der Waals surface area contributed by atoms with Crippen LogP contribution in [0.3, 0.4) is 0 Å². The minimum atomic E-state index is -3.73. The molecule has 3 aliphatic rings. The summed E-state index contributed by atoms with van der Waals surface area (Å²) < 4.78 is 44.8. The van der Waals surface area contributed by atoms with Crippen molar-refractivity contribution in [2.45, 2.75) is 43.5 Å². The summed E-state index contributed by atoms with van der Waals surface area (Å²) in [5.41, 5.74) is 1.10. The van der Waals surface area contributed by atoms with Gasteiger partial charge in [0, 0.05) is 13.1 Å². The average Bonchev–Trinajstić information content (AvgIpc) is 3.20. The van der Waals surface area contributed by atoms with Crippen LogP contribution < -0.4 is 24.4 Å². The summed E-state index contributed by atoms with van der Waals surface area (Å²) in [5.74, 6) is 0.848. The van der Waals surface area contributed by atoms with Gasteiger partial charge in [-0.2, -0.15) is 4.31 Å². The van der Waals surface area contributed by atoms with Gasteiger partial charge in [-0.15, -0.1) is 0 Å². The van der Waals surface area contributed by atoms with Crippen molar-refractivity contribution in [1.29, 1.82) is 0 Å². The van der Waals surface area contributed by atoms with Gasteiger partial charge in [-0.1, -0.05) is 18.9 Å². The molecule has 198 valence electrons. The van der Waals surface area contributed by atoms with E-state index in [0.29, 0.717) is 43.6 Å². The van der Waals surface area contributed by atoms with Gasteiger partial charge in [-0.05, 0) is 55.7 Å². The highest BCUT2D eigenvalue weighted by Crippen LogP contribution is 2.36. The zero-order chi connectivity index (χ0) is 26.0. The van der Waals surface area contributed by atoms with Crippen LogP contribution in [0.5, 0.6) is 17.2 Å². The van der Waals surface area contributed by atoms with Crippen LogP contribution in [0.1, 0.15) is 44.2 Å². The Labute approximate surface area is 216 Å². The van der Waals surface area contributed by atoms with Gasteiger partial charge in [-0.25, -0.2) is 8.42 Å². The van der Waals surface area contributed by atoms with Crippen LogP contribution in [0, 0.1) is 0 Å². The fourth-order valence-corrected chi connectivity index (χ4v) is 6.33. The first-order valence-electron chi connectivity index (χ1n) is 12.6. The van der Waals surface area contributed by atoms with Crippen molar-refractivity contribution < 1.29 is 32.2 Å². The van der Waals surface area contributed by atoms with E-state index in [1.54, 1.807) is 12.1 Å². The summed E-state index contributed by atoms with van der Waals surface area (Å²) >= 11 is 0. The van der Waals surface area contributed by atoms with Gasteiger partial charge in [0.25, 0.3) is 5.91 Å². The molecule has 2 aromatic carbocycles. The van der Waals surface area contributed by atoms with Gasteiger partial charge in [0.1, 0.15) is 25.5 Å². The third-order valence-corrected chi connectivity index (χ3v) is 8.72. The molecule has 0 saturated carbocycles. The lowest BCUT2D eigenvalue weighted by Gasteiger charge is -2.30. The molecule has 10 nitrogen and oxygen atoms in total. The summed E-state index contributed by atoms with van der Waals surface area (Å²) in [7, 11) is -3.73. The molecular weight excluding hydrogens is 498 g/mol. The lowest BCUT2D eigenvalue weighted by Crippen LogP contribution is -2.45. The Kier molecular flexibility index (Phi) is 7.25. The maximum absolute atomic E-state index is 13.3. The summed E-state index contributed by atoms with van der Waals surface area (Å²) in [5, 5.41) is 2.91. The molecule has 0 aliphatic carbocycles. The number of sulfonamides is 1. The summed E-state index contributed by atoms with van der Waals surface area (Å²) in [4.78, 5) is 27.1. The predicted octanol–water partition coefficient (Wildman–Crippen LogP) is 2.63. The Morgan fingerprint density at radius 3 is 2.41 bits per heavy atom. The minimum Gasteiger partial charge on any atom is -0.486 e. The smallest absolute Gasteiger partial charge is 0.265 e. The molecule has 1 saturated heterocycles. The Hall–Kier alpha value is -3.31. The molecule has 0 spiro atoms. The second-order valence-electron chi connectivity index (χ2n) is 9.41. The van der Waals surface area contributed by atoms with Gasteiger partial charge in [0.2, 0.25) is 15.9 Å². The lowest BCUT2D eigenvalue weighted by molar-refractivity contribution is -0.125. The zero-order valence-electron chi connectivity index (χ0n) is 20.8. The Morgan fingerprint density at radius 1 is 0.946 bits per heavy atom. The van der Waals surface area contributed by atoms with E-state index in [0.717, 1.165) is 31.2 Å². The number of benzene rings is 2. The minimum absolute atomic E-state index is 0.0847. The molecule has 1 N–H and O–H groups in total. The maximum atomic E-state index is 13.3. The number of fused-ring (bicyclic) bond motifs is 2. The third-order valence-electron chi connectivity index (χ3n) is 6.82. The molecule has 0 aromatic heterocycles. The highest BCUT2D eigenvalue weighted by atomic mass is 32.2. The number of nitrogens with one attached hydrogen (secondary N) is 1. The largest absolute Gasteiger partial charge is 0.486 e. The van der Waals surface area contributed by atoms with Crippen LogP contribution in [0.25, 0.3) is 0 Å². The molecule has 5 rings (SSSR count). The number of carbonyl (C=O) groups is 2. The van der Waals surface area contributed by atoms with Crippen molar-refractivity contribution in [2.24, 2.45) is 0 Å². The normalized spacial score (nSPS) is 18.8. The van der Waals surface area contributed by atoms with E-state index >= 15 is 0 Å². The van der Waals surface area contributed by atoms with Gasteiger partial charge < -0.3 is 19.5 Å². The Bertz CT molecular complexity index is 1290. The molecule has 11 heteroatoms. The molecule has 2 aromatic rings. The highest BCUT2D eigenvalue weighted by molar-refractivity contribution is 7.89.